The van der Waals surface area contributed by atoms with Crippen LogP contribution < -0.4 is 11.1 Å². The van der Waals surface area contributed by atoms with Gasteiger partial charge in [0.2, 0.25) is 11.8 Å². The van der Waals surface area contributed by atoms with E-state index in [2.05, 4.69) is 26.2 Å². The molecule has 0 aliphatic carbocycles. The van der Waals surface area contributed by atoms with Crippen molar-refractivity contribution >= 4 is 50.4 Å². The number of carbonyl (C=O) groups excluding carboxylic acids is 2. The molecule has 1 atom stereocenters. The lowest BCUT2D eigenvalue weighted by molar-refractivity contribution is -0.121. The lowest BCUT2D eigenvalue weighted by Gasteiger charge is -2.17. The molecule has 18 heavy (non-hydrogen) atoms. The topological polar surface area (TPSA) is 84.5 Å². The summed E-state index contributed by atoms with van der Waals surface area (Å²) in [6, 6.07) is 7.19. The number of thioether (sulfide) groups is 1. The minimum atomic E-state index is -0.515. The van der Waals surface area contributed by atoms with Gasteiger partial charge in [0.1, 0.15) is 5.25 Å². The summed E-state index contributed by atoms with van der Waals surface area (Å²) in [6.45, 7) is 0. The number of benzene rings is 1. The summed E-state index contributed by atoms with van der Waals surface area (Å²) >= 11 is 4.42. The molecule has 1 aromatic rings. The average molecular weight is 328 g/mol. The number of halogens is 1. The van der Waals surface area contributed by atoms with Gasteiger partial charge in [0.05, 0.1) is 6.42 Å². The number of amidine groups is 1. The number of carbonyl (C=O) groups is 2. The highest BCUT2D eigenvalue weighted by Gasteiger charge is 2.27. The predicted octanol–water partition coefficient (Wildman–Crippen LogP) is 1.73. The van der Waals surface area contributed by atoms with Crippen molar-refractivity contribution in [3.63, 3.8) is 0 Å². The normalized spacial score (nSPS) is 19.3. The molecule has 0 saturated carbocycles. The van der Waals surface area contributed by atoms with Crippen molar-refractivity contribution in [2.24, 2.45) is 10.7 Å². The lowest BCUT2D eigenvalue weighted by Crippen LogP contribution is -2.33. The van der Waals surface area contributed by atoms with E-state index < -0.39 is 5.25 Å². The number of nitrogens with two attached hydrogens (primary N) is 1. The molecule has 1 aromatic carbocycles. The first-order chi connectivity index (χ1) is 8.54. The first-order valence-corrected chi connectivity index (χ1v) is 6.82. The smallest absolute Gasteiger partial charge is 0.249 e. The van der Waals surface area contributed by atoms with Crippen molar-refractivity contribution in [1.82, 2.24) is 0 Å². The van der Waals surface area contributed by atoms with Gasteiger partial charge in [-0.15, -0.1) is 0 Å². The van der Waals surface area contributed by atoms with Gasteiger partial charge in [0, 0.05) is 10.2 Å². The van der Waals surface area contributed by atoms with Crippen LogP contribution >= 0.6 is 27.7 Å². The van der Waals surface area contributed by atoms with Crippen LogP contribution in [0.15, 0.2) is 33.7 Å². The van der Waals surface area contributed by atoms with E-state index in [9.17, 15) is 9.59 Å². The number of nitrogens with one attached hydrogen (secondary N) is 1. The largest absolute Gasteiger partial charge is 0.378 e. The highest BCUT2D eigenvalue weighted by molar-refractivity contribution is 9.10. The molecule has 1 unspecified atom stereocenters. The summed E-state index contributed by atoms with van der Waals surface area (Å²) < 4.78 is 0.930. The molecule has 0 radical (unpaired) electrons. The Balaban J connectivity index is 2.02. The molecule has 7 heteroatoms. The highest BCUT2D eigenvalue weighted by atomic mass is 79.9. The number of nitrogens with zero attached hydrogens (tertiary/aromatic N) is 1. The van der Waals surface area contributed by atoms with E-state index in [1.807, 2.05) is 12.1 Å². The molecule has 0 fully saturated rings. The van der Waals surface area contributed by atoms with E-state index in [0.717, 1.165) is 16.2 Å². The molecule has 2 rings (SSSR count). The van der Waals surface area contributed by atoms with Crippen LogP contribution in [0, 0.1) is 0 Å². The lowest BCUT2D eigenvalue weighted by atomic mass is 10.2. The van der Waals surface area contributed by atoms with Crippen molar-refractivity contribution in [3.8, 4) is 0 Å². The Kier molecular flexibility index (Phi) is 4.03. The minimum absolute atomic E-state index is 0.0771. The predicted molar refractivity (Wildman–Crippen MR) is 75.4 cm³/mol. The van der Waals surface area contributed by atoms with Gasteiger partial charge in [-0.1, -0.05) is 27.7 Å². The molecule has 1 heterocycles. The molecule has 1 aliphatic rings. The molecule has 0 bridgehead atoms. The Bertz CT molecular complexity index is 516. The van der Waals surface area contributed by atoms with Crippen molar-refractivity contribution < 1.29 is 9.59 Å². The van der Waals surface area contributed by atoms with E-state index in [-0.39, 0.29) is 23.4 Å². The number of anilines is 1. The fourth-order valence-corrected chi connectivity index (χ4v) is 2.55. The number of rotatable bonds is 2. The first-order valence-electron chi connectivity index (χ1n) is 5.14. The van der Waals surface area contributed by atoms with E-state index in [4.69, 9.17) is 5.73 Å². The molecular formula is C11H10BrN3O2S. The Hall–Kier alpha value is -1.34. The maximum atomic E-state index is 11.9. The van der Waals surface area contributed by atoms with E-state index in [1.54, 1.807) is 12.1 Å². The Labute approximate surface area is 116 Å². The van der Waals surface area contributed by atoms with Crippen LogP contribution in [0.4, 0.5) is 5.69 Å². The summed E-state index contributed by atoms with van der Waals surface area (Å²) in [7, 11) is 0. The molecule has 3 N–H and O–H groups in total. The molecule has 1 aliphatic heterocycles. The third-order valence-corrected chi connectivity index (χ3v) is 3.79. The van der Waals surface area contributed by atoms with Gasteiger partial charge in [-0.05, 0) is 24.3 Å². The van der Waals surface area contributed by atoms with Gasteiger partial charge in [-0.2, -0.15) is 4.99 Å². The van der Waals surface area contributed by atoms with Gasteiger partial charge >= 0.3 is 0 Å². The second-order valence-electron chi connectivity index (χ2n) is 3.65. The van der Waals surface area contributed by atoms with Crippen molar-refractivity contribution in [3.05, 3.63) is 28.7 Å². The molecule has 2 amide bonds. The second kappa shape index (κ2) is 5.53. The zero-order chi connectivity index (χ0) is 13.1. The average Bonchev–Trinajstić information content (AvgIpc) is 2.31. The van der Waals surface area contributed by atoms with Gasteiger partial charge in [-0.25, -0.2) is 0 Å². The Morgan fingerprint density at radius 2 is 2.11 bits per heavy atom. The van der Waals surface area contributed by atoms with E-state index in [1.165, 1.54) is 0 Å². The first kappa shape index (κ1) is 13.1. The maximum absolute atomic E-state index is 11.9. The quantitative estimate of drug-likeness (QED) is 0.866. The third-order valence-electron chi connectivity index (χ3n) is 2.26. The van der Waals surface area contributed by atoms with Crippen molar-refractivity contribution in [2.75, 3.05) is 5.32 Å². The molecule has 5 nitrogen and oxygen atoms in total. The van der Waals surface area contributed by atoms with E-state index >= 15 is 0 Å². The zero-order valence-corrected chi connectivity index (χ0v) is 11.6. The van der Waals surface area contributed by atoms with Crippen LogP contribution in [-0.2, 0) is 9.59 Å². The Morgan fingerprint density at radius 1 is 1.44 bits per heavy atom. The molecular weight excluding hydrogens is 318 g/mol. The summed E-state index contributed by atoms with van der Waals surface area (Å²) in [4.78, 5) is 26.7. The maximum Gasteiger partial charge on any atom is 0.249 e. The van der Waals surface area contributed by atoms with Gasteiger partial charge in [-0.3, -0.25) is 9.59 Å². The standard InChI is InChI=1S/C11H10BrN3O2S/c12-6-1-3-7(4-2-6)14-10(17)8-5-9(16)15-11(13)18-8/h1-4,8H,5H2,(H,14,17)(H2,13,15,16). The van der Waals surface area contributed by atoms with Crippen LogP contribution in [-0.4, -0.2) is 22.2 Å². The SMILES string of the molecule is NC1=NC(=O)CC(C(=O)Nc2ccc(Br)cc2)S1. The fraction of sp³-hybridized carbons (Fsp3) is 0.182. The van der Waals surface area contributed by atoms with Crippen LogP contribution in [0.5, 0.6) is 0 Å². The number of hydrogen-bond acceptors (Lipinski definition) is 4. The molecule has 0 saturated heterocycles. The van der Waals surface area contributed by atoms with Gasteiger partial charge in [0.25, 0.3) is 0 Å². The molecule has 0 aromatic heterocycles. The molecule has 0 spiro atoms. The zero-order valence-electron chi connectivity index (χ0n) is 9.22. The highest BCUT2D eigenvalue weighted by Crippen LogP contribution is 2.22. The summed E-state index contributed by atoms with van der Waals surface area (Å²) in [5.74, 6) is -0.601. The Morgan fingerprint density at radius 3 is 2.72 bits per heavy atom. The van der Waals surface area contributed by atoms with Crippen LogP contribution in [0.25, 0.3) is 0 Å². The van der Waals surface area contributed by atoms with E-state index in [0.29, 0.717) is 5.69 Å². The minimum Gasteiger partial charge on any atom is -0.378 e. The third kappa shape index (κ3) is 3.33. The number of hydrogen-bond donors (Lipinski definition) is 2. The number of amides is 2. The van der Waals surface area contributed by atoms with Crippen LogP contribution in [0.3, 0.4) is 0 Å². The van der Waals surface area contributed by atoms with Crippen molar-refractivity contribution in [2.45, 2.75) is 11.7 Å². The van der Waals surface area contributed by atoms with Crippen LogP contribution in [0.2, 0.25) is 0 Å². The van der Waals surface area contributed by atoms with Gasteiger partial charge in [0.15, 0.2) is 5.17 Å². The van der Waals surface area contributed by atoms with Crippen LogP contribution in [0.1, 0.15) is 6.42 Å². The second-order valence-corrected chi connectivity index (χ2v) is 5.79. The monoisotopic (exact) mass is 327 g/mol. The summed E-state index contributed by atoms with van der Waals surface area (Å²) in [5, 5.41) is 2.36. The number of aliphatic imine (C=N–C) groups is 1. The summed E-state index contributed by atoms with van der Waals surface area (Å²) in [5.41, 5.74) is 6.15. The fourth-order valence-electron chi connectivity index (χ4n) is 1.44. The molecule has 94 valence electrons. The van der Waals surface area contributed by atoms with Gasteiger partial charge < -0.3 is 11.1 Å². The summed E-state index contributed by atoms with van der Waals surface area (Å²) in [6.07, 6.45) is 0.0771. The van der Waals surface area contributed by atoms with Crippen molar-refractivity contribution in [1.29, 1.82) is 0 Å².